The van der Waals surface area contributed by atoms with Gasteiger partial charge in [0, 0.05) is 25.0 Å². The minimum atomic E-state index is 0.561. The zero-order valence-electron chi connectivity index (χ0n) is 21.5. The van der Waals surface area contributed by atoms with Gasteiger partial charge in [0.2, 0.25) is 0 Å². The fraction of sp³-hybridized carbons (Fsp3) is 0.929. The maximum absolute atomic E-state index is 2.58. The Bertz CT molecular complexity index is 401. The van der Waals surface area contributed by atoms with Gasteiger partial charge in [0.1, 0.15) is 6.17 Å². The summed E-state index contributed by atoms with van der Waals surface area (Å²) >= 11 is 0. The van der Waals surface area contributed by atoms with Crippen LogP contribution in [-0.2, 0) is 0 Å². The fourth-order valence-electron chi connectivity index (χ4n) is 4.94. The van der Waals surface area contributed by atoms with Crippen molar-refractivity contribution in [1.82, 2.24) is 9.80 Å². The fourth-order valence-corrected chi connectivity index (χ4v) is 4.94. The molecule has 0 saturated heterocycles. The molecule has 2 heteroatoms. The molecule has 0 aromatic carbocycles. The van der Waals surface area contributed by atoms with Gasteiger partial charge in [0.25, 0.3) is 0 Å². The van der Waals surface area contributed by atoms with Crippen molar-refractivity contribution in [3.8, 4) is 0 Å². The summed E-state index contributed by atoms with van der Waals surface area (Å²) in [7, 11) is 0. The number of hydrogen-bond donors (Lipinski definition) is 0. The molecule has 1 atom stereocenters. The van der Waals surface area contributed by atoms with Gasteiger partial charge >= 0.3 is 0 Å². The van der Waals surface area contributed by atoms with Gasteiger partial charge in [-0.3, -0.25) is 0 Å². The second-order valence-electron chi connectivity index (χ2n) is 10.4. The summed E-state index contributed by atoms with van der Waals surface area (Å²) in [4.78, 5) is 5.11. The van der Waals surface area contributed by atoms with Gasteiger partial charge in [-0.25, -0.2) is 0 Å². The first-order valence-electron chi connectivity index (χ1n) is 13.8. The van der Waals surface area contributed by atoms with E-state index in [-0.39, 0.29) is 0 Å². The predicted octanol–water partition coefficient (Wildman–Crippen LogP) is 9.12. The zero-order valence-corrected chi connectivity index (χ0v) is 21.5. The predicted molar refractivity (Wildman–Crippen MR) is 136 cm³/mol. The lowest BCUT2D eigenvalue weighted by Crippen LogP contribution is -2.45. The van der Waals surface area contributed by atoms with Crippen LogP contribution >= 0.6 is 0 Å². The van der Waals surface area contributed by atoms with Crippen LogP contribution in [0.1, 0.15) is 144 Å². The van der Waals surface area contributed by atoms with Crippen LogP contribution < -0.4 is 0 Å². The van der Waals surface area contributed by atoms with E-state index in [0.29, 0.717) is 18.1 Å². The quantitative estimate of drug-likeness (QED) is 0.181. The number of unbranched alkanes of at least 4 members (excludes halogenated alkanes) is 16. The summed E-state index contributed by atoms with van der Waals surface area (Å²) in [6, 6.07) is 0.592. The summed E-state index contributed by atoms with van der Waals surface area (Å²) in [6.45, 7) is 12.8. The lowest BCUT2D eigenvalue weighted by atomic mass is 10.0. The van der Waals surface area contributed by atoms with E-state index in [2.05, 4.69) is 56.8 Å². The molecule has 0 saturated carbocycles. The highest BCUT2D eigenvalue weighted by Gasteiger charge is 2.29. The first-order chi connectivity index (χ1) is 14.6. The second-order valence-corrected chi connectivity index (χ2v) is 10.4. The van der Waals surface area contributed by atoms with Gasteiger partial charge in [0.15, 0.2) is 0 Å². The Morgan fingerprint density at radius 2 is 0.967 bits per heavy atom. The summed E-state index contributed by atoms with van der Waals surface area (Å²) in [6.07, 6.45) is 29.8. The molecule has 0 aromatic rings. The maximum Gasteiger partial charge on any atom is 0.103 e. The first kappa shape index (κ1) is 27.4. The lowest BCUT2D eigenvalue weighted by Gasteiger charge is -2.38. The molecule has 1 unspecified atom stereocenters. The number of rotatable bonds is 20. The van der Waals surface area contributed by atoms with E-state index in [9.17, 15) is 0 Å². The minimum Gasteiger partial charge on any atom is -0.356 e. The van der Waals surface area contributed by atoms with Gasteiger partial charge in [-0.2, -0.15) is 0 Å². The molecule has 1 rings (SSSR count). The third kappa shape index (κ3) is 12.3. The highest BCUT2D eigenvalue weighted by molar-refractivity contribution is 4.99. The van der Waals surface area contributed by atoms with Crippen molar-refractivity contribution < 1.29 is 0 Å². The third-order valence-corrected chi connectivity index (χ3v) is 6.79. The molecule has 178 valence electrons. The van der Waals surface area contributed by atoms with E-state index in [0.717, 1.165) is 0 Å². The van der Waals surface area contributed by atoms with Crippen molar-refractivity contribution in [2.24, 2.45) is 5.92 Å². The van der Waals surface area contributed by atoms with Crippen LogP contribution in [0.25, 0.3) is 0 Å². The van der Waals surface area contributed by atoms with Crippen LogP contribution in [0.5, 0.6) is 0 Å². The van der Waals surface area contributed by atoms with Crippen LogP contribution in [0.3, 0.4) is 0 Å². The average molecular weight is 421 g/mol. The monoisotopic (exact) mass is 420 g/mol. The SMILES string of the molecule is CCCCCCCCCCCCCCCCCCCN1C=CN(C(C)C)C1C(C)C. The number of nitrogens with zero attached hydrogens (tertiary/aromatic N) is 2. The third-order valence-electron chi connectivity index (χ3n) is 6.79. The topological polar surface area (TPSA) is 6.48 Å². The van der Waals surface area contributed by atoms with Gasteiger partial charge in [0.05, 0.1) is 0 Å². The van der Waals surface area contributed by atoms with E-state index >= 15 is 0 Å². The summed E-state index contributed by atoms with van der Waals surface area (Å²) in [5, 5.41) is 0. The maximum atomic E-state index is 2.58. The van der Waals surface area contributed by atoms with Gasteiger partial charge < -0.3 is 9.80 Å². The van der Waals surface area contributed by atoms with Crippen LogP contribution in [0.4, 0.5) is 0 Å². The Morgan fingerprint density at radius 3 is 1.33 bits per heavy atom. The van der Waals surface area contributed by atoms with Crippen molar-refractivity contribution in [3.63, 3.8) is 0 Å². The van der Waals surface area contributed by atoms with Crippen LogP contribution in [0.15, 0.2) is 12.4 Å². The van der Waals surface area contributed by atoms with Gasteiger partial charge in [-0.05, 0) is 26.2 Å². The molecule has 0 amide bonds. The van der Waals surface area contributed by atoms with Crippen LogP contribution in [-0.4, -0.2) is 28.6 Å². The Labute approximate surface area is 190 Å². The standard InChI is InChI=1S/C28H56N2/c1-6-7-8-9-10-11-12-13-14-15-16-17-18-19-20-21-22-23-29-24-25-30(27(4)5)28(29)26(2)3/h24-28H,6-23H2,1-5H3. The Morgan fingerprint density at radius 1 is 0.567 bits per heavy atom. The van der Waals surface area contributed by atoms with Crippen LogP contribution in [0, 0.1) is 5.92 Å². The minimum absolute atomic E-state index is 0.561. The van der Waals surface area contributed by atoms with Crippen molar-refractivity contribution in [3.05, 3.63) is 12.4 Å². The van der Waals surface area contributed by atoms with E-state index in [4.69, 9.17) is 0 Å². The van der Waals surface area contributed by atoms with Gasteiger partial charge in [-0.1, -0.05) is 124 Å². The van der Waals surface area contributed by atoms with Crippen molar-refractivity contribution in [2.45, 2.75) is 156 Å². The summed E-state index contributed by atoms with van der Waals surface area (Å²) in [5.41, 5.74) is 0. The Balaban J connectivity index is 1.86. The molecule has 1 aliphatic rings. The smallest absolute Gasteiger partial charge is 0.103 e. The molecule has 0 aliphatic carbocycles. The van der Waals surface area contributed by atoms with Gasteiger partial charge in [-0.15, -0.1) is 0 Å². The van der Waals surface area contributed by atoms with E-state index in [1.807, 2.05) is 0 Å². The average Bonchev–Trinajstić information content (AvgIpc) is 3.15. The van der Waals surface area contributed by atoms with E-state index < -0.39 is 0 Å². The largest absolute Gasteiger partial charge is 0.356 e. The molecule has 0 bridgehead atoms. The van der Waals surface area contributed by atoms with Crippen molar-refractivity contribution >= 4 is 0 Å². The molecule has 0 radical (unpaired) electrons. The van der Waals surface area contributed by atoms with Crippen molar-refractivity contribution in [2.75, 3.05) is 6.54 Å². The summed E-state index contributed by atoms with van der Waals surface area (Å²) in [5.74, 6) is 0.674. The highest BCUT2D eigenvalue weighted by Crippen LogP contribution is 2.25. The normalized spacial score (nSPS) is 16.6. The Hall–Kier alpha value is -0.660. The first-order valence-corrected chi connectivity index (χ1v) is 13.8. The molecule has 0 spiro atoms. The molecule has 30 heavy (non-hydrogen) atoms. The van der Waals surface area contributed by atoms with E-state index in [1.165, 1.54) is 116 Å². The molecular weight excluding hydrogens is 364 g/mol. The highest BCUT2D eigenvalue weighted by atomic mass is 15.4. The molecule has 0 N–H and O–H groups in total. The molecule has 0 fully saturated rings. The van der Waals surface area contributed by atoms with Crippen LogP contribution in [0.2, 0.25) is 0 Å². The molecule has 2 nitrogen and oxygen atoms in total. The number of hydrogen-bond acceptors (Lipinski definition) is 2. The summed E-state index contributed by atoms with van der Waals surface area (Å²) < 4.78 is 0. The van der Waals surface area contributed by atoms with E-state index in [1.54, 1.807) is 0 Å². The molecular formula is C28H56N2. The lowest BCUT2D eigenvalue weighted by molar-refractivity contribution is 0.0843. The van der Waals surface area contributed by atoms with Crippen molar-refractivity contribution in [1.29, 1.82) is 0 Å². The Kier molecular flexibility index (Phi) is 16.4. The zero-order chi connectivity index (χ0) is 22.0. The second kappa shape index (κ2) is 18.0. The molecule has 1 aliphatic heterocycles. The molecule has 0 aromatic heterocycles. The molecule has 1 heterocycles.